The number of thioether (sulfide) groups is 1. The van der Waals surface area contributed by atoms with E-state index in [9.17, 15) is 9.18 Å². The molecule has 3 aromatic rings. The van der Waals surface area contributed by atoms with Gasteiger partial charge in [-0.3, -0.25) is 4.79 Å². The molecule has 2 aliphatic rings. The molecule has 2 fully saturated rings. The summed E-state index contributed by atoms with van der Waals surface area (Å²) >= 11 is 1.60. The number of benzene rings is 2. The van der Waals surface area contributed by atoms with Crippen molar-refractivity contribution in [2.45, 2.75) is 30.7 Å². The molecule has 0 unspecified atom stereocenters. The van der Waals surface area contributed by atoms with Crippen LogP contribution in [0.5, 0.6) is 0 Å². The van der Waals surface area contributed by atoms with Gasteiger partial charge in [-0.25, -0.2) is 14.4 Å². The van der Waals surface area contributed by atoms with Crippen LogP contribution in [0.2, 0.25) is 0 Å². The highest BCUT2D eigenvalue weighted by molar-refractivity contribution is 7.98. The van der Waals surface area contributed by atoms with Crippen molar-refractivity contribution >= 4 is 29.2 Å². The fourth-order valence-corrected chi connectivity index (χ4v) is 5.49. The molecule has 0 saturated carbocycles. The third kappa shape index (κ3) is 5.59. The molecule has 0 aliphatic carbocycles. The number of para-hydroxylation sites is 1. The van der Waals surface area contributed by atoms with Crippen LogP contribution in [0.3, 0.4) is 0 Å². The van der Waals surface area contributed by atoms with E-state index in [1.54, 1.807) is 17.8 Å². The summed E-state index contributed by atoms with van der Waals surface area (Å²) in [6.07, 6.45) is 2.19. The Kier molecular flexibility index (Phi) is 7.18. The highest BCUT2D eigenvalue weighted by Crippen LogP contribution is 2.26. The maximum absolute atomic E-state index is 14.2. The molecule has 1 amide bonds. The second kappa shape index (κ2) is 10.6. The van der Waals surface area contributed by atoms with E-state index in [1.165, 1.54) is 6.07 Å². The molecular weight excluding hydrogens is 461 g/mol. The van der Waals surface area contributed by atoms with E-state index in [2.05, 4.69) is 14.8 Å². The van der Waals surface area contributed by atoms with Gasteiger partial charge in [-0.15, -0.1) is 0 Å². The summed E-state index contributed by atoms with van der Waals surface area (Å²) < 4.78 is 14.2. The van der Waals surface area contributed by atoms with E-state index in [1.807, 2.05) is 54.3 Å². The number of amides is 1. The van der Waals surface area contributed by atoms with Crippen LogP contribution in [0.15, 0.2) is 59.8 Å². The monoisotopic (exact) mass is 491 g/mol. The van der Waals surface area contributed by atoms with Crippen LogP contribution < -0.4 is 9.80 Å². The van der Waals surface area contributed by atoms with Crippen LogP contribution in [0, 0.1) is 12.7 Å². The first kappa shape index (κ1) is 23.6. The summed E-state index contributed by atoms with van der Waals surface area (Å²) in [6.45, 7) is 6.76. The molecule has 2 saturated heterocycles. The highest BCUT2D eigenvalue weighted by Gasteiger charge is 2.21. The normalized spacial score (nSPS) is 16.1. The van der Waals surface area contributed by atoms with Crippen molar-refractivity contribution in [1.29, 1.82) is 0 Å². The Balaban J connectivity index is 1.19. The van der Waals surface area contributed by atoms with Crippen molar-refractivity contribution in [3.05, 3.63) is 77.2 Å². The van der Waals surface area contributed by atoms with E-state index >= 15 is 0 Å². The van der Waals surface area contributed by atoms with Crippen molar-refractivity contribution in [1.82, 2.24) is 14.9 Å². The van der Waals surface area contributed by atoms with Gasteiger partial charge >= 0.3 is 0 Å². The second-order valence-electron chi connectivity index (χ2n) is 9.06. The predicted octanol–water partition coefficient (Wildman–Crippen LogP) is 4.78. The third-order valence-corrected chi connectivity index (χ3v) is 7.50. The first-order valence-corrected chi connectivity index (χ1v) is 13.2. The molecule has 0 radical (unpaired) electrons. The van der Waals surface area contributed by atoms with Crippen LogP contribution in [-0.2, 0) is 5.75 Å². The van der Waals surface area contributed by atoms with Crippen LogP contribution in [0.25, 0.3) is 0 Å². The number of nitrogens with zero attached hydrogens (tertiary/aromatic N) is 5. The first-order valence-electron chi connectivity index (χ1n) is 12.2. The standard InChI is InChI=1S/C27H30FN5OS/c1-20-18-25(32-16-14-31(15-17-32)24-7-3-2-6-23(24)28)30-27(29-20)35-19-21-8-10-22(11-9-21)26(34)33-12-4-5-13-33/h2-3,6-11,18H,4-5,12-17,19H2,1H3. The minimum absolute atomic E-state index is 0.128. The Morgan fingerprint density at radius 2 is 1.60 bits per heavy atom. The van der Waals surface area contributed by atoms with E-state index in [0.717, 1.165) is 85.7 Å². The van der Waals surface area contributed by atoms with E-state index in [4.69, 9.17) is 4.98 Å². The van der Waals surface area contributed by atoms with E-state index in [-0.39, 0.29) is 11.7 Å². The SMILES string of the molecule is Cc1cc(N2CCN(c3ccccc3F)CC2)nc(SCc2ccc(C(=O)N3CCCC3)cc2)n1. The molecular formula is C27H30FN5OS. The summed E-state index contributed by atoms with van der Waals surface area (Å²) in [5, 5.41) is 0.744. The van der Waals surface area contributed by atoms with Gasteiger partial charge in [-0.2, -0.15) is 0 Å². The van der Waals surface area contributed by atoms with Gasteiger partial charge < -0.3 is 14.7 Å². The lowest BCUT2D eigenvalue weighted by Crippen LogP contribution is -2.47. The topological polar surface area (TPSA) is 52.6 Å². The lowest BCUT2D eigenvalue weighted by molar-refractivity contribution is 0.0793. The van der Waals surface area contributed by atoms with Crippen LogP contribution in [-0.4, -0.2) is 60.0 Å². The molecule has 0 bridgehead atoms. The molecule has 0 atom stereocenters. The Morgan fingerprint density at radius 1 is 0.914 bits per heavy atom. The Hall–Kier alpha value is -3.13. The number of piperazine rings is 1. The van der Waals surface area contributed by atoms with Gasteiger partial charge in [0.2, 0.25) is 0 Å². The maximum Gasteiger partial charge on any atom is 0.253 e. The summed E-state index contributed by atoms with van der Waals surface area (Å²) in [5.74, 6) is 1.61. The predicted molar refractivity (Wildman–Crippen MR) is 139 cm³/mol. The van der Waals surface area contributed by atoms with E-state index < -0.39 is 0 Å². The molecule has 1 aromatic heterocycles. The Morgan fingerprint density at radius 3 is 2.31 bits per heavy atom. The van der Waals surface area contributed by atoms with Gasteiger partial charge in [0.15, 0.2) is 5.16 Å². The molecule has 6 nitrogen and oxygen atoms in total. The zero-order valence-corrected chi connectivity index (χ0v) is 20.8. The van der Waals surface area contributed by atoms with Crippen molar-refractivity contribution in [2.24, 2.45) is 0 Å². The highest BCUT2D eigenvalue weighted by atomic mass is 32.2. The minimum atomic E-state index is -0.175. The number of rotatable bonds is 6. The average Bonchev–Trinajstić information content (AvgIpc) is 3.43. The number of halogens is 1. The Bertz CT molecular complexity index is 1170. The van der Waals surface area contributed by atoms with Gasteiger partial charge in [0, 0.05) is 62.3 Å². The van der Waals surface area contributed by atoms with Crippen molar-refractivity contribution < 1.29 is 9.18 Å². The zero-order chi connectivity index (χ0) is 24.2. The quantitative estimate of drug-likeness (QED) is 0.365. The van der Waals surface area contributed by atoms with Crippen LogP contribution in [0.1, 0.15) is 34.5 Å². The minimum Gasteiger partial charge on any atom is -0.366 e. The first-order chi connectivity index (χ1) is 17.1. The van der Waals surface area contributed by atoms with Gasteiger partial charge in [0.25, 0.3) is 5.91 Å². The number of aryl methyl sites for hydroxylation is 1. The fourth-order valence-electron chi connectivity index (χ4n) is 4.63. The second-order valence-corrected chi connectivity index (χ2v) is 10.0. The summed E-state index contributed by atoms with van der Waals surface area (Å²) in [7, 11) is 0. The molecule has 5 rings (SSSR count). The van der Waals surface area contributed by atoms with E-state index in [0.29, 0.717) is 5.69 Å². The number of aromatic nitrogens is 2. The smallest absolute Gasteiger partial charge is 0.253 e. The average molecular weight is 492 g/mol. The van der Waals surface area contributed by atoms with Crippen molar-refractivity contribution in [3.63, 3.8) is 0 Å². The number of hydrogen-bond acceptors (Lipinski definition) is 6. The van der Waals surface area contributed by atoms with Gasteiger partial charge in [0.1, 0.15) is 11.6 Å². The summed E-state index contributed by atoms with van der Waals surface area (Å²) in [4.78, 5) is 28.3. The molecule has 3 heterocycles. The molecule has 0 spiro atoms. The molecule has 182 valence electrons. The number of carbonyl (C=O) groups is 1. The largest absolute Gasteiger partial charge is 0.366 e. The van der Waals surface area contributed by atoms with Gasteiger partial charge in [-0.05, 0) is 49.6 Å². The molecule has 2 aliphatic heterocycles. The number of carbonyl (C=O) groups excluding carboxylic acids is 1. The maximum atomic E-state index is 14.2. The lowest BCUT2D eigenvalue weighted by Gasteiger charge is -2.37. The summed E-state index contributed by atoms with van der Waals surface area (Å²) in [5.41, 5.74) is 3.48. The summed E-state index contributed by atoms with van der Waals surface area (Å²) in [6, 6.07) is 16.9. The molecule has 2 aromatic carbocycles. The lowest BCUT2D eigenvalue weighted by atomic mass is 10.1. The van der Waals surface area contributed by atoms with Gasteiger partial charge in [0.05, 0.1) is 5.69 Å². The van der Waals surface area contributed by atoms with Crippen LogP contribution >= 0.6 is 11.8 Å². The van der Waals surface area contributed by atoms with Crippen molar-refractivity contribution in [3.8, 4) is 0 Å². The third-order valence-electron chi connectivity index (χ3n) is 6.58. The Labute approximate surface area is 210 Å². The number of anilines is 2. The zero-order valence-electron chi connectivity index (χ0n) is 20.0. The molecule has 0 N–H and O–H groups in total. The fraction of sp³-hybridized carbons (Fsp3) is 0.370. The number of hydrogen-bond donors (Lipinski definition) is 0. The van der Waals surface area contributed by atoms with Crippen molar-refractivity contribution in [2.75, 3.05) is 49.1 Å². The molecule has 35 heavy (non-hydrogen) atoms. The van der Waals surface area contributed by atoms with Crippen LogP contribution in [0.4, 0.5) is 15.9 Å². The van der Waals surface area contributed by atoms with Gasteiger partial charge in [-0.1, -0.05) is 36.0 Å². The molecule has 8 heteroatoms. The number of likely N-dealkylation sites (tertiary alicyclic amines) is 1.